The molecule has 0 fully saturated rings. The second-order valence-electron chi connectivity index (χ2n) is 3.79. The van der Waals surface area contributed by atoms with Crippen LogP contribution in [0.2, 0.25) is 0 Å². The highest BCUT2D eigenvalue weighted by atomic mass is 79.9. The Kier molecular flexibility index (Phi) is 3.58. The molecule has 0 saturated heterocycles. The zero-order chi connectivity index (χ0) is 14.2. The number of halogens is 4. The molecule has 1 aliphatic rings. The molecule has 1 aromatic carbocycles. The van der Waals surface area contributed by atoms with E-state index in [4.69, 9.17) is 4.74 Å². The Hall–Kier alpha value is -1.50. The maximum Gasteiger partial charge on any atom is 0.430 e. The second kappa shape index (κ2) is 4.88. The van der Waals surface area contributed by atoms with Crippen LogP contribution < -0.4 is 4.74 Å². The van der Waals surface area contributed by atoms with E-state index >= 15 is 0 Å². The summed E-state index contributed by atoms with van der Waals surface area (Å²) in [6.45, 7) is 0. The first-order valence-corrected chi connectivity index (χ1v) is 5.95. The molecular weight excluding hydrogens is 329 g/mol. The van der Waals surface area contributed by atoms with Gasteiger partial charge in [0.25, 0.3) is 0 Å². The van der Waals surface area contributed by atoms with Crippen molar-refractivity contribution >= 4 is 28.0 Å². The number of hydrogen-bond donors (Lipinski definition) is 0. The molecule has 1 unspecified atom stereocenters. The van der Waals surface area contributed by atoms with Gasteiger partial charge in [-0.3, -0.25) is 0 Å². The number of esters is 1. The summed E-state index contributed by atoms with van der Waals surface area (Å²) in [6.07, 6.45) is -5.90. The molecular formula is C12H8BrF3O3. The SMILES string of the molecule is COC(=O)C1=Cc2cccc(Br)c2OC1C(F)(F)F. The van der Waals surface area contributed by atoms with E-state index in [-0.39, 0.29) is 5.75 Å². The van der Waals surface area contributed by atoms with Gasteiger partial charge in [0.15, 0.2) is 0 Å². The van der Waals surface area contributed by atoms with Crippen molar-refractivity contribution in [3.05, 3.63) is 33.8 Å². The predicted molar refractivity (Wildman–Crippen MR) is 64.6 cm³/mol. The topological polar surface area (TPSA) is 35.5 Å². The summed E-state index contributed by atoms with van der Waals surface area (Å²) < 4.78 is 48.4. The van der Waals surface area contributed by atoms with Crippen molar-refractivity contribution in [3.8, 4) is 5.75 Å². The van der Waals surface area contributed by atoms with Crippen LogP contribution in [0.15, 0.2) is 28.2 Å². The van der Waals surface area contributed by atoms with Gasteiger partial charge in [-0.1, -0.05) is 12.1 Å². The Morgan fingerprint density at radius 1 is 1.42 bits per heavy atom. The molecule has 0 radical (unpaired) electrons. The average Bonchev–Trinajstić information content (AvgIpc) is 2.36. The van der Waals surface area contributed by atoms with Gasteiger partial charge in [0, 0.05) is 5.56 Å². The standard InChI is InChI=1S/C12H8BrF3O3/c1-18-11(17)7-5-6-3-2-4-8(13)9(6)19-10(7)12(14,15)16/h2-5,10H,1H3. The first kappa shape index (κ1) is 13.9. The largest absolute Gasteiger partial charge is 0.474 e. The minimum atomic E-state index is -4.70. The van der Waals surface area contributed by atoms with E-state index in [1.54, 1.807) is 18.2 Å². The predicted octanol–water partition coefficient (Wildman–Crippen LogP) is 3.33. The van der Waals surface area contributed by atoms with E-state index in [1.807, 2.05) is 0 Å². The molecule has 0 saturated carbocycles. The first-order valence-electron chi connectivity index (χ1n) is 5.16. The molecule has 19 heavy (non-hydrogen) atoms. The zero-order valence-corrected chi connectivity index (χ0v) is 11.2. The highest BCUT2D eigenvalue weighted by Gasteiger charge is 2.48. The number of methoxy groups -OCH3 is 1. The molecule has 0 spiro atoms. The minimum absolute atomic E-state index is 0.0532. The van der Waals surface area contributed by atoms with Crippen LogP contribution in [0.25, 0.3) is 6.08 Å². The number of carbonyl (C=O) groups is 1. The van der Waals surface area contributed by atoms with Gasteiger partial charge in [-0.05, 0) is 28.1 Å². The lowest BCUT2D eigenvalue weighted by Crippen LogP contribution is -2.40. The van der Waals surface area contributed by atoms with Crippen molar-refractivity contribution in [2.45, 2.75) is 12.3 Å². The number of benzene rings is 1. The summed E-state index contributed by atoms with van der Waals surface area (Å²) >= 11 is 3.11. The minimum Gasteiger partial charge on any atom is -0.474 e. The molecule has 7 heteroatoms. The molecule has 2 rings (SSSR count). The molecule has 1 heterocycles. The number of ether oxygens (including phenoxy) is 2. The van der Waals surface area contributed by atoms with Crippen LogP contribution in [0.1, 0.15) is 5.56 Å². The van der Waals surface area contributed by atoms with Gasteiger partial charge in [-0.15, -0.1) is 0 Å². The van der Waals surface area contributed by atoms with Crippen molar-refractivity contribution in [2.24, 2.45) is 0 Å². The van der Waals surface area contributed by atoms with Crippen molar-refractivity contribution < 1.29 is 27.4 Å². The van der Waals surface area contributed by atoms with Crippen molar-refractivity contribution in [3.63, 3.8) is 0 Å². The van der Waals surface area contributed by atoms with E-state index in [1.165, 1.54) is 0 Å². The number of para-hydroxylation sites is 1. The third kappa shape index (κ3) is 2.60. The molecule has 1 atom stereocenters. The zero-order valence-electron chi connectivity index (χ0n) is 9.62. The van der Waals surface area contributed by atoms with Crippen LogP contribution in [0.5, 0.6) is 5.75 Å². The van der Waals surface area contributed by atoms with Gasteiger partial charge in [0.2, 0.25) is 6.10 Å². The molecule has 0 amide bonds. The summed E-state index contributed by atoms with van der Waals surface area (Å²) in [5, 5.41) is 0. The summed E-state index contributed by atoms with van der Waals surface area (Å²) in [5.74, 6) is -1.01. The molecule has 1 aromatic rings. The Morgan fingerprint density at radius 2 is 2.11 bits per heavy atom. The highest BCUT2D eigenvalue weighted by Crippen LogP contribution is 2.40. The van der Waals surface area contributed by atoms with Crippen molar-refractivity contribution in [2.75, 3.05) is 7.11 Å². The number of carbonyl (C=O) groups excluding carboxylic acids is 1. The summed E-state index contributed by atoms with van der Waals surface area (Å²) in [4.78, 5) is 11.4. The lowest BCUT2D eigenvalue weighted by molar-refractivity contribution is -0.187. The fourth-order valence-electron chi connectivity index (χ4n) is 1.72. The van der Waals surface area contributed by atoms with Crippen LogP contribution in [0.4, 0.5) is 13.2 Å². The summed E-state index contributed by atoms with van der Waals surface area (Å²) in [5.41, 5.74) is -0.184. The maximum absolute atomic E-state index is 12.9. The van der Waals surface area contributed by atoms with E-state index in [0.29, 0.717) is 10.0 Å². The molecule has 102 valence electrons. The molecule has 0 N–H and O–H groups in total. The third-order valence-electron chi connectivity index (χ3n) is 2.55. The Balaban J connectivity index is 2.56. The van der Waals surface area contributed by atoms with Crippen LogP contribution >= 0.6 is 15.9 Å². The molecule has 1 aliphatic heterocycles. The monoisotopic (exact) mass is 336 g/mol. The summed E-state index contributed by atoms with van der Waals surface area (Å²) in [7, 11) is 1.02. The normalized spacial score (nSPS) is 18.2. The van der Waals surface area contributed by atoms with Crippen molar-refractivity contribution in [1.29, 1.82) is 0 Å². The van der Waals surface area contributed by atoms with Gasteiger partial charge in [-0.2, -0.15) is 13.2 Å². The maximum atomic E-state index is 12.9. The van der Waals surface area contributed by atoms with E-state index in [9.17, 15) is 18.0 Å². The third-order valence-corrected chi connectivity index (χ3v) is 3.17. The van der Waals surface area contributed by atoms with E-state index in [2.05, 4.69) is 20.7 Å². The number of fused-ring (bicyclic) bond motifs is 1. The summed E-state index contributed by atoms with van der Waals surface area (Å²) in [6, 6.07) is 4.74. The number of hydrogen-bond acceptors (Lipinski definition) is 3. The lowest BCUT2D eigenvalue weighted by Gasteiger charge is -2.28. The Bertz CT molecular complexity index is 552. The van der Waals surface area contributed by atoms with Gasteiger partial charge >= 0.3 is 12.1 Å². The second-order valence-corrected chi connectivity index (χ2v) is 4.64. The molecule has 0 aliphatic carbocycles. The van der Waals surface area contributed by atoms with Crippen LogP contribution in [-0.2, 0) is 9.53 Å². The highest BCUT2D eigenvalue weighted by molar-refractivity contribution is 9.10. The molecule has 3 nitrogen and oxygen atoms in total. The van der Waals surface area contributed by atoms with E-state index < -0.39 is 23.8 Å². The Morgan fingerprint density at radius 3 is 2.68 bits per heavy atom. The van der Waals surface area contributed by atoms with Crippen molar-refractivity contribution in [1.82, 2.24) is 0 Å². The number of rotatable bonds is 1. The molecule has 0 bridgehead atoms. The van der Waals surface area contributed by atoms with Crippen LogP contribution in [0, 0.1) is 0 Å². The van der Waals surface area contributed by atoms with Gasteiger partial charge in [0.1, 0.15) is 5.75 Å². The quantitative estimate of drug-likeness (QED) is 0.738. The van der Waals surface area contributed by atoms with Crippen LogP contribution in [0.3, 0.4) is 0 Å². The molecule has 0 aromatic heterocycles. The fraction of sp³-hybridized carbons (Fsp3) is 0.250. The lowest BCUT2D eigenvalue weighted by atomic mass is 10.0. The van der Waals surface area contributed by atoms with Gasteiger partial charge < -0.3 is 9.47 Å². The average molecular weight is 337 g/mol. The first-order chi connectivity index (χ1) is 8.84. The Labute approximate surface area is 115 Å². The number of alkyl halides is 3. The smallest absolute Gasteiger partial charge is 0.430 e. The van der Waals surface area contributed by atoms with Gasteiger partial charge in [0.05, 0.1) is 17.2 Å². The van der Waals surface area contributed by atoms with Crippen LogP contribution in [-0.4, -0.2) is 25.4 Å². The van der Waals surface area contributed by atoms with E-state index in [0.717, 1.165) is 13.2 Å². The van der Waals surface area contributed by atoms with Gasteiger partial charge in [-0.25, -0.2) is 4.79 Å². The fourth-order valence-corrected chi connectivity index (χ4v) is 2.19.